The molecule has 0 fully saturated rings. The van der Waals surface area contributed by atoms with Gasteiger partial charge < -0.3 is 9.63 Å². The van der Waals surface area contributed by atoms with Crippen LogP contribution in [0.15, 0.2) is 33.6 Å². The number of carboxylic acids is 1. The Labute approximate surface area is 94.2 Å². The summed E-state index contributed by atoms with van der Waals surface area (Å²) < 4.78 is 4.45. The first-order valence-corrected chi connectivity index (χ1v) is 4.68. The van der Waals surface area contributed by atoms with E-state index in [4.69, 9.17) is 16.7 Å². The van der Waals surface area contributed by atoms with Gasteiger partial charge in [-0.1, -0.05) is 29.8 Å². The van der Waals surface area contributed by atoms with Crippen molar-refractivity contribution in [2.75, 3.05) is 0 Å². The molecule has 2 aromatic rings. The van der Waals surface area contributed by atoms with Gasteiger partial charge in [-0.3, -0.25) is 0 Å². The summed E-state index contributed by atoms with van der Waals surface area (Å²) in [5, 5.41) is 11.2. The van der Waals surface area contributed by atoms with Crippen LogP contribution >= 0.6 is 11.6 Å². The van der Waals surface area contributed by atoms with Gasteiger partial charge in [0.1, 0.15) is 5.56 Å². The van der Waals surface area contributed by atoms with Crippen LogP contribution in [0.25, 0.3) is 11.1 Å². The number of carbonyl (C=O) groups is 1. The summed E-state index contributed by atoms with van der Waals surface area (Å²) in [6, 6.07) is 6.45. The summed E-state index contributed by atoms with van der Waals surface area (Å²) in [7, 11) is 0. The molecule has 16 heavy (non-hydrogen) atoms. The number of benzene rings is 1. The van der Waals surface area contributed by atoms with Crippen LogP contribution in [-0.4, -0.2) is 16.2 Å². The number of carboxylic acid groups (broad SMARTS) is 1. The summed E-state index contributed by atoms with van der Waals surface area (Å²) >= 11 is 5.88. The van der Waals surface area contributed by atoms with E-state index in [1.54, 1.807) is 24.3 Å². The monoisotopic (exact) mass is 239 g/mol. The van der Waals surface area contributed by atoms with Crippen LogP contribution in [0.2, 0.25) is 5.02 Å². The number of H-pyrrole nitrogens is 1. The van der Waals surface area contributed by atoms with Crippen LogP contribution in [0.4, 0.5) is 0 Å². The van der Waals surface area contributed by atoms with Crippen molar-refractivity contribution in [1.82, 2.24) is 5.16 Å². The number of hydrogen-bond donors (Lipinski definition) is 2. The largest absolute Gasteiger partial charge is 0.476 e. The number of rotatable bonds is 2. The molecule has 0 aliphatic heterocycles. The fourth-order valence-corrected chi connectivity index (χ4v) is 1.59. The summed E-state index contributed by atoms with van der Waals surface area (Å²) in [6.07, 6.45) is 0. The van der Waals surface area contributed by atoms with E-state index in [0.29, 0.717) is 5.56 Å². The van der Waals surface area contributed by atoms with Crippen molar-refractivity contribution in [3.8, 4) is 11.1 Å². The zero-order chi connectivity index (χ0) is 11.7. The van der Waals surface area contributed by atoms with E-state index >= 15 is 0 Å². The highest BCUT2D eigenvalue weighted by Gasteiger charge is 2.21. The molecule has 2 rings (SSSR count). The van der Waals surface area contributed by atoms with Gasteiger partial charge in [0.15, 0.2) is 5.69 Å². The molecule has 0 aliphatic rings. The van der Waals surface area contributed by atoms with Gasteiger partial charge in [-0.15, -0.1) is 0 Å². The van der Waals surface area contributed by atoms with E-state index in [0.717, 1.165) is 0 Å². The lowest BCUT2D eigenvalue weighted by Gasteiger charge is -1.99. The summed E-state index contributed by atoms with van der Waals surface area (Å²) in [5.74, 6) is -1.28. The van der Waals surface area contributed by atoms with Crippen molar-refractivity contribution in [3.63, 3.8) is 0 Å². The maximum atomic E-state index is 11.4. The Morgan fingerprint density at radius 2 is 2.06 bits per heavy atom. The van der Waals surface area contributed by atoms with E-state index < -0.39 is 11.6 Å². The molecular weight excluding hydrogens is 234 g/mol. The standard InChI is InChI=1S/C10H6ClNO4/c11-6-4-2-1-3-5(6)7-8(9(13)14)12-16-10(7)15/h1-4,12H,(H,13,14). The minimum Gasteiger partial charge on any atom is -0.476 e. The lowest BCUT2D eigenvalue weighted by molar-refractivity contribution is 0.0686. The highest BCUT2D eigenvalue weighted by molar-refractivity contribution is 6.33. The van der Waals surface area contributed by atoms with Crippen molar-refractivity contribution in [3.05, 3.63) is 45.4 Å². The Bertz CT molecular complexity index is 599. The molecule has 0 radical (unpaired) electrons. The van der Waals surface area contributed by atoms with Crippen molar-refractivity contribution in [1.29, 1.82) is 0 Å². The molecule has 0 saturated carbocycles. The Balaban J connectivity index is 2.74. The van der Waals surface area contributed by atoms with Crippen LogP contribution in [0.1, 0.15) is 10.5 Å². The summed E-state index contributed by atoms with van der Waals surface area (Å²) in [6.45, 7) is 0. The number of hydrogen-bond acceptors (Lipinski definition) is 3. The SMILES string of the molecule is O=C(O)c1[nH]oc(=O)c1-c1ccccc1Cl. The second kappa shape index (κ2) is 3.86. The Kier molecular flexibility index (Phi) is 2.54. The molecule has 5 nitrogen and oxygen atoms in total. The second-order valence-electron chi connectivity index (χ2n) is 3.03. The van der Waals surface area contributed by atoms with Gasteiger partial charge in [0.25, 0.3) is 0 Å². The Morgan fingerprint density at radius 3 is 2.69 bits per heavy atom. The van der Waals surface area contributed by atoms with Crippen molar-refractivity contribution < 1.29 is 14.4 Å². The highest BCUT2D eigenvalue weighted by Crippen LogP contribution is 2.27. The van der Waals surface area contributed by atoms with Crippen LogP contribution in [-0.2, 0) is 0 Å². The third-order valence-corrected chi connectivity index (χ3v) is 2.39. The molecule has 0 amide bonds. The lowest BCUT2D eigenvalue weighted by Crippen LogP contribution is -2.04. The van der Waals surface area contributed by atoms with Crippen molar-refractivity contribution in [2.24, 2.45) is 0 Å². The van der Waals surface area contributed by atoms with Crippen LogP contribution < -0.4 is 5.63 Å². The van der Waals surface area contributed by atoms with E-state index in [9.17, 15) is 9.59 Å². The second-order valence-corrected chi connectivity index (χ2v) is 3.43. The molecule has 1 aromatic carbocycles. The molecule has 0 spiro atoms. The predicted molar refractivity (Wildman–Crippen MR) is 56.7 cm³/mol. The number of halogens is 1. The topological polar surface area (TPSA) is 83.3 Å². The molecule has 0 saturated heterocycles. The molecule has 0 atom stereocenters. The van der Waals surface area contributed by atoms with Gasteiger partial charge >= 0.3 is 11.6 Å². The van der Waals surface area contributed by atoms with Gasteiger partial charge in [0, 0.05) is 10.6 Å². The smallest absolute Gasteiger partial charge is 0.365 e. The summed E-state index contributed by atoms with van der Waals surface area (Å²) in [4.78, 5) is 22.2. The number of aromatic amines is 1. The first-order chi connectivity index (χ1) is 7.61. The van der Waals surface area contributed by atoms with Crippen molar-refractivity contribution >= 4 is 17.6 Å². The number of aromatic nitrogens is 1. The highest BCUT2D eigenvalue weighted by atomic mass is 35.5. The zero-order valence-electron chi connectivity index (χ0n) is 7.86. The molecule has 82 valence electrons. The van der Waals surface area contributed by atoms with Crippen LogP contribution in [0.5, 0.6) is 0 Å². The molecule has 0 bridgehead atoms. The minimum absolute atomic E-state index is 0.0712. The predicted octanol–water partition coefficient (Wildman–Crippen LogP) is 1.99. The minimum atomic E-state index is -1.28. The maximum absolute atomic E-state index is 11.4. The third kappa shape index (κ3) is 1.61. The van der Waals surface area contributed by atoms with Gasteiger partial charge in [0.2, 0.25) is 0 Å². The molecule has 1 aromatic heterocycles. The fraction of sp³-hybridized carbons (Fsp3) is 0. The lowest BCUT2D eigenvalue weighted by atomic mass is 10.1. The average molecular weight is 240 g/mol. The van der Waals surface area contributed by atoms with E-state index in [2.05, 4.69) is 9.68 Å². The van der Waals surface area contributed by atoms with E-state index in [1.165, 1.54) is 0 Å². The van der Waals surface area contributed by atoms with E-state index in [-0.39, 0.29) is 16.3 Å². The third-order valence-electron chi connectivity index (χ3n) is 2.06. The number of aromatic carboxylic acids is 1. The van der Waals surface area contributed by atoms with Crippen LogP contribution in [0, 0.1) is 0 Å². The van der Waals surface area contributed by atoms with Crippen LogP contribution in [0.3, 0.4) is 0 Å². The Hall–Kier alpha value is -2.01. The number of nitrogens with one attached hydrogen (secondary N) is 1. The molecule has 0 unspecified atom stereocenters. The molecule has 6 heteroatoms. The average Bonchev–Trinajstić information content (AvgIpc) is 2.61. The zero-order valence-corrected chi connectivity index (χ0v) is 8.62. The molecular formula is C10H6ClNO4. The van der Waals surface area contributed by atoms with Gasteiger partial charge in [0.05, 0.1) is 0 Å². The normalized spacial score (nSPS) is 10.3. The van der Waals surface area contributed by atoms with Gasteiger partial charge in [-0.05, 0) is 6.07 Å². The van der Waals surface area contributed by atoms with Gasteiger partial charge in [-0.2, -0.15) is 0 Å². The first-order valence-electron chi connectivity index (χ1n) is 4.31. The quantitative estimate of drug-likeness (QED) is 0.839. The summed E-state index contributed by atoms with van der Waals surface area (Å²) in [5.41, 5.74) is -0.807. The molecule has 2 N–H and O–H groups in total. The fourth-order valence-electron chi connectivity index (χ4n) is 1.36. The maximum Gasteiger partial charge on any atom is 0.365 e. The van der Waals surface area contributed by atoms with Gasteiger partial charge in [-0.25, -0.2) is 14.7 Å². The molecule has 1 heterocycles. The first kappa shape index (κ1) is 10.5. The van der Waals surface area contributed by atoms with E-state index in [1.807, 2.05) is 0 Å². The van der Waals surface area contributed by atoms with Crippen molar-refractivity contribution in [2.45, 2.75) is 0 Å². The molecule has 0 aliphatic carbocycles. The Morgan fingerprint density at radius 1 is 1.38 bits per heavy atom.